The quantitative estimate of drug-likeness (QED) is 0.172. The van der Waals surface area contributed by atoms with Crippen molar-refractivity contribution in [2.45, 2.75) is 45.4 Å². The van der Waals surface area contributed by atoms with Gasteiger partial charge in [-0.05, 0) is 92.9 Å². The fraction of sp³-hybridized carbons (Fsp3) is 0.400. The van der Waals surface area contributed by atoms with E-state index >= 15 is 0 Å². The number of rotatable bonds is 14. The van der Waals surface area contributed by atoms with Crippen LogP contribution in [0.25, 0.3) is 0 Å². The Kier molecular flexibility index (Phi) is 10.8. The third kappa shape index (κ3) is 8.04. The summed E-state index contributed by atoms with van der Waals surface area (Å²) in [7, 11) is 0. The van der Waals surface area contributed by atoms with E-state index < -0.39 is 5.24 Å². The number of aryl methyl sites for hydroxylation is 1. The number of hydrogen-bond acceptors (Lipinski definition) is 3. The third-order valence-electron chi connectivity index (χ3n) is 5.00. The molecule has 3 nitrogen and oxygen atoms in total. The molecule has 0 unspecified atom stereocenters. The molecule has 0 spiro atoms. The van der Waals surface area contributed by atoms with Gasteiger partial charge in [0.1, 0.15) is 5.75 Å². The lowest BCUT2D eigenvalue weighted by Gasteiger charge is -2.26. The molecule has 0 radical (unpaired) electrons. The molecule has 0 aliphatic heterocycles. The van der Waals surface area contributed by atoms with Crippen LogP contribution in [0.15, 0.2) is 55.1 Å². The van der Waals surface area contributed by atoms with Gasteiger partial charge in [0.05, 0.1) is 12.3 Å². The molecule has 0 saturated heterocycles. The van der Waals surface area contributed by atoms with Crippen molar-refractivity contribution in [2.24, 2.45) is 0 Å². The Bertz CT molecular complexity index is 823. The first-order chi connectivity index (χ1) is 14.5. The van der Waals surface area contributed by atoms with E-state index in [1.54, 1.807) is 6.07 Å². The number of unbranched alkanes of at least 4 members (excludes halogenated alkanes) is 3. The normalized spacial score (nSPS) is 10.6. The van der Waals surface area contributed by atoms with Gasteiger partial charge in [0.25, 0.3) is 5.24 Å². The first-order valence-corrected chi connectivity index (χ1v) is 11.4. The maximum Gasteiger partial charge on any atom is 0.252 e. The van der Waals surface area contributed by atoms with Gasteiger partial charge in [-0.15, -0.1) is 6.58 Å². The number of nitrogens with zero attached hydrogens (tertiary/aromatic N) is 1. The summed E-state index contributed by atoms with van der Waals surface area (Å²) in [5, 5.41) is 0.321. The zero-order valence-electron chi connectivity index (χ0n) is 17.7. The van der Waals surface area contributed by atoms with Crippen molar-refractivity contribution in [3.63, 3.8) is 0 Å². The van der Waals surface area contributed by atoms with Crippen LogP contribution in [0.4, 0.5) is 5.69 Å². The van der Waals surface area contributed by atoms with E-state index in [4.69, 9.17) is 27.9 Å². The van der Waals surface area contributed by atoms with Crippen LogP contribution in [-0.2, 0) is 6.42 Å². The lowest BCUT2D eigenvalue weighted by atomic mass is 10.1. The number of carbonyl (C=O) groups is 1. The third-order valence-corrected chi connectivity index (χ3v) is 5.45. The molecule has 0 aliphatic carbocycles. The number of anilines is 1. The van der Waals surface area contributed by atoms with Gasteiger partial charge in [0.2, 0.25) is 0 Å². The number of benzene rings is 2. The fourth-order valence-corrected chi connectivity index (χ4v) is 3.69. The summed E-state index contributed by atoms with van der Waals surface area (Å²) in [6, 6.07) is 13.4. The summed E-state index contributed by atoms with van der Waals surface area (Å²) >= 11 is 11.8. The van der Waals surface area contributed by atoms with Crippen molar-refractivity contribution in [3.05, 3.63) is 71.3 Å². The summed E-state index contributed by atoms with van der Waals surface area (Å²) in [5.41, 5.74) is 2.66. The zero-order chi connectivity index (χ0) is 21.8. The molecular formula is C25H31Cl2NO2. The number of allylic oxidation sites excluding steroid dienone is 1. The summed E-state index contributed by atoms with van der Waals surface area (Å²) in [4.78, 5) is 13.9. The van der Waals surface area contributed by atoms with E-state index in [2.05, 4.69) is 24.5 Å². The second-order valence-electron chi connectivity index (χ2n) is 7.26. The standard InChI is InChI=1S/C25H31Cl2NO2/c1-3-5-6-8-16-28(4-2)23-19-21(25(27)29)14-15-24(23)30-17-9-7-11-20-12-10-13-22(26)18-20/h3,10,12-15,18-19H,1,4-9,11,16-17H2,2H3. The van der Waals surface area contributed by atoms with Gasteiger partial charge < -0.3 is 9.64 Å². The van der Waals surface area contributed by atoms with E-state index in [0.717, 1.165) is 68.1 Å². The lowest BCUT2D eigenvalue weighted by Crippen LogP contribution is -2.25. The van der Waals surface area contributed by atoms with Crippen molar-refractivity contribution in [1.82, 2.24) is 0 Å². The van der Waals surface area contributed by atoms with Crippen molar-refractivity contribution in [1.29, 1.82) is 0 Å². The molecular weight excluding hydrogens is 417 g/mol. The molecule has 5 heteroatoms. The molecule has 0 bridgehead atoms. The molecule has 0 heterocycles. The Balaban J connectivity index is 1.97. The molecule has 2 aromatic carbocycles. The van der Waals surface area contributed by atoms with Gasteiger partial charge in [-0.2, -0.15) is 0 Å². The van der Waals surface area contributed by atoms with E-state index in [-0.39, 0.29) is 0 Å². The molecule has 30 heavy (non-hydrogen) atoms. The zero-order valence-corrected chi connectivity index (χ0v) is 19.2. The Morgan fingerprint density at radius 2 is 1.97 bits per heavy atom. The predicted molar refractivity (Wildman–Crippen MR) is 128 cm³/mol. The Morgan fingerprint density at radius 3 is 2.67 bits per heavy atom. The van der Waals surface area contributed by atoms with Crippen LogP contribution in [0.1, 0.15) is 54.9 Å². The number of ether oxygens (including phenoxy) is 1. The van der Waals surface area contributed by atoms with Gasteiger partial charge >= 0.3 is 0 Å². The maximum atomic E-state index is 11.7. The monoisotopic (exact) mass is 447 g/mol. The molecule has 0 amide bonds. The van der Waals surface area contributed by atoms with Crippen molar-refractivity contribution in [3.8, 4) is 5.75 Å². The van der Waals surface area contributed by atoms with Crippen molar-refractivity contribution >= 4 is 34.1 Å². The van der Waals surface area contributed by atoms with Crippen LogP contribution in [0.3, 0.4) is 0 Å². The second kappa shape index (κ2) is 13.4. The minimum absolute atomic E-state index is 0.452. The topological polar surface area (TPSA) is 29.5 Å². The number of carbonyl (C=O) groups excluding carboxylic acids is 1. The molecule has 0 aliphatic rings. The number of hydrogen-bond donors (Lipinski definition) is 0. The highest BCUT2D eigenvalue weighted by molar-refractivity contribution is 6.67. The smallest absolute Gasteiger partial charge is 0.252 e. The summed E-state index contributed by atoms with van der Waals surface area (Å²) in [6.07, 6.45) is 8.03. The molecule has 0 aromatic heterocycles. The molecule has 162 valence electrons. The van der Waals surface area contributed by atoms with Crippen LogP contribution >= 0.6 is 23.2 Å². The first-order valence-electron chi connectivity index (χ1n) is 10.6. The molecule has 2 rings (SSSR count). The maximum absolute atomic E-state index is 11.7. The average Bonchev–Trinajstić information content (AvgIpc) is 2.74. The van der Waals surface area contributed by atoms with Crippen LogP contribution in [0.2, 0.25) is 5.02 Å². The van der Waals surface area contributed by atoms with Crippen molar-refractivity contribution < 1.29 is 9.53 Å². The Morgan fingerprint density at radius 1 is 1.13 bits per heavy atom. The van der Waals surface area contributed by atoms with Crippen LogP contribution < -0.4 is 9.64 Å². The van der Waals surface area contributed by atoms with E-state index in [0.29, 0.717) is 12.2 Å². The van der Waals surface area contributed by atoms with Crippen LogP contribution in [-0.4, -0.2) is 24.9 Å². The predicted octanol–water partition coefficient (Wildman–Crippen LogP) is 7.30. The lowest BCUT2D eigenvalue weighted by molar-refractivity contribution is 0.108. The van der Waals surface area contributed by atoms with Crippen molar-refractivity contribution in [2.75, 3.05) is 24.6 Å². The van der Waals surface area contributed by atoms with Gasteiger partial charge in [0.15, 0.2) is 0 Å². The molecule has 0 atom stereocenters. The van der Waals surface area contributed by atoms with Gasteiger partial charge in [-0.3, -0.25) is 4.79 Å². The molecule has 0 saturated carbocycles. The van der Waals surface area contributed by atoms with Gasteiger partial charge in [-0.1, -0.05) is 29.8 Å². The summed E-state index contributed by atoms with van der Waals surface area (Å²) in [6.45, 7) is 8.24. The van der Waals surface area contributed by atoms with Crippen LogP contribution in [0.5, 0.6) is 5.75 Å². The molecule has 2 aromatic rings. The first kappa shape index (κ1) is 24.3. The molecule has 0 fully saturated rings. The summed E-state index contributed by atoms with van der Waals surface area (Å²) < 4.78 is 6.11. The highest BCUT2D eigenvalue weighted by Crippen LogP contribution is 2.31. The Labute approximate surface area is 190 Å². The second-order valence-corrected chi connectivity index (χ2v) is 8.04. The number of halogens is 2. The minimum atomic E-state index is -0.452. The Hall–Kier alpha value is -1.97. The van der Waals surface area contributed by atoms with Gasteiger partial charge in [-0.25, -0.2) is 0 Å². The average molecular weight is 448 g/mol. The van der Waals surface area contributed by atoms with E-state index in [1.807, 2.05) is 36.4 Å². The minimum Gasteiger partial charge on any atom is -0.491 e. The highest BCUT2D eigenvalue weighted by atomic mass is 35.5. The van der Waals surface area contributed by atoms with Crippen LogP contribution in [0, 0.1) is 0 Å². The van der Waals surface area contributed by atoms with E-state index in [1.165, 1.54) is 5.56 Å². The van der Waals surface area contributed by atoms with E-state index in [9.17, 15) is 4.79 Å². The summed E-state index contributed by atoms with van der Waals surface area (Å²) in [5.74, 6) is 0.796. The SMILES string of the molecule is C=CCCCCN(CC)c1cc(C(=O)Cl)ccc1OCCCCc1cccc(Cl)c1. The highest BCUT2D eigenvalue weighted by Gasteiger charge is 2.14. The largest absolute Gasteiger partial charge is 0.491 e. The fourth-order valence-electron chi connectivity index (χ4n) is 3.35. The molecule has 0 N–H and O–H groups in total. The van der Waals surface area contributed by atoms with Gasteiger partial charge in [0, 0.05) is 23.7 Å².